The van der Waals surface area contributed by atoms with Crippen LogP contribution in [0.4, 0.5) is 11.6 Å². The molecule has 0 aliphatic rings. The smallest absolute Gasteiger partial charge is 0.259 e. The van der Waals surface area contributed by atoms with Crippen molar-refractivity contribution in [3.8, 4) is 0 Å². The molecule has 0 fully saturated rings. The van der Waals surface area contributed by atoms with Crippen molar-refractivity contribution in [2.24, 2.45) is 0 Å². The number of nitrogen functional groups attached to an aromatic ring is 1. The summed E-state index contributed by atoms with van der Waals surface area (Å²) in [6.45, 7) is 0. The fourth-order valence-electron chi connectivity index (χ4n) is 1.74. The zero-order valence-electron chi connectivity index (χ0n) is 10.4. The summed E-state index contributed by atoms with van der Waals surface area (Å²) >= 11 is 11.9. The van der Waals surface area contributed by atoms with E-state index in [2.05, 4.69) is 25.3 Å². The number of nitrogens with two attached hydrogens (primary N) is 1. The summed E-state index contributed by atoms with van der Waals surface area (Å²) in [4.78, 5) is 26.9. The normalized spacial score (nSPS) is 10.8. The number of benzene rings is 1. The molecule has 1 amide bonds. The summed E-state index contributed by atoms with van der Waals surface area (Å²) in [5, 5.41) is 2.92. The predicted molar refractivity (Wildman–Crippen MR) is 80.5 cm³/mol. The van der Waals surface area contributed by atoms with E-state index in [1.807, 2.05) is 0 Å². The highest BCUT2D eigenvalue weighted by Gasteiger charge is 2.14. The molecular formula is C12H8Cl2N6O. The average molecular weight is 323 g/mol. The zero-order valence-corrected chi connectivity index (χ0v) is 11.9. The standard InChI is InChI=1S/C12H8Cl2N6O/c13-7-3-5(15)1-2-6(7)11(21)20-12-18-9(14)8-10(19-12)17-4-16-8/h1-4H,15H2,(H2,16,17,18,19,20,21). The molecule has 0 saturated heterocycles. The van der Waals surface area contributed by atoms with Gasteiger partial charge in [0.15, 0.2) is 10.8 Å². The average Bonchev–Trinajstić information content (AvgIpc) is 2.87. The Morgan fingerprint density at radius 2 is 2.10 bits per heavy atom. The van der Waals surface area contributed by atoms with Gasteiger partial charge >= 0.3 is 0 Å². The van der Waals surface area contributed by atoms with E-state index < -0.39 is 5.91 Å². The number of halogens is 2. The van der Waals surface area contributed by atoms with Crippen molar-refractivity contribution in [2.75, 3.05) is 11.1 Å². The van der Waals surface area contributed by atoms with Crippen LogP contribution in [0.3, 0.4) is 0 Å². The van der Waals surface area contributed by atoms with Gasteiger partial charge in [-0.2, -0.15) is 9.97 Å². The molecule has 106 valence electrons. The van der Waals surface area contributed by atoms with Crippen molar-refractivity contribution in [1.82, 2.24) is 19.9 Å². The Kier molecular flexibility index (Phi) is 3.36. The maximum Gasteiger partial charge on any atom is 0.259 e. The van der Waals surface area contributed by atoms with E-state index in [-0.39, 0.29) is 21.7 Å². The van der Waals surface area contributed by atoms with E-state index in [0.717, 1.165) is 0 Å². The summed E-state index contributed by atoms with van der Waals surface area (Å²) in [5.41, 5.74) is 7.16. The molecule has 7 nitrogen and oxygen atoms in total. The van der Waals surface area contributed by atoms with Crippen LogP contribution in [0.2, 0.25) is 10.2 Å². The predicted octanol–water partition coefficient (Wildman–Crippen LogP) is 2.49. The molecule has 0 bridgehead atoms. The number of fused-ring (bicyclic) bond motifs is 1. The van der Waals surface area contributed by atoms with Gasteiger partial charge in [-0.25, -0.2) is 4.98 Å². The number of aromatic nitrogens is 4. The van der Waals surface area contributed by atoms with Gasteiger partial charge in [0.1, 0.15) is 5.52 Å². The summed E-state index contributed by atoms with van der Waals surface area (Å²) in [6.07, 6.45) is 1.44. The topological polar surface area (TPSA) is 110 Å². The van der Waals surface area contributed by atoms with Gasteiger partial charge in [-0.15, -0.1) is 0 Å². The van der Waals surface area contributed by atoms with Gasteiger partial charge in [-0.3, -0.25) is 10.1 Å². The summed E-state index contributed by atoms with van der Waals surface area (Å²) < 4.78 is 0. The highest BCUT2D eigenvalue weighted by Crippen LogP contribution is 2.21. The van der Waals surface area contributed by atoms with Crippen LogP contribution in [0.25, 0.3) is 11.2 Å². The van der Waals surface area contributed by atoms with Crippen LogP contribution in [0.15, 0.2) is 24.5 Å². The van der Waals surface area contributed by atoms with Gasteiger partial charge in [0, 0.05) is 5.69 Å². The van der Waals surface area contributed by atoms with Crippen molar-refractivity contribution >= 4 is 51.9 Å². The SMILES string of the molecule is Nc1ccc(C(=O)Nc2nc(Cl)c3[nH]cnc3n2)c(Cl)c1. The molecule has 0 saturated carbocycles. The number of aromatic amines is 1. The van der Waals surface area contributed by atoms with Crippen LogP contribution in [-0.4, -0.2) is 25.8 Å². The number of hydrogen-bond donors (Lipinski definition) is 3. The van der Waals surface area contributed by atoms with Gasteiger partial charge in [0.05, 0.1) is 16.9 Å². The van der Waals surface area contributed by atoms with Gasteiger partial charge < -0.3 is 10.7 Å². The Morgan fingerprint density at radius 3 is 2.86 bits per heavy atom. The summed E-state index contributed by atoms with van der Waals surface area (Å²) in [7, 11) is 0. The monoisotopic (exact) mass is 322 g/mol. The lowest BCUT2D eigenvalue weighted by molar-refractivity contribution is 0.102. The molecule has 0 spiro atoms. The van der Waals surface area contributed by atoms with Crippen LogP contribution in [-0.2, 0) is 0 Å². The zero-order chi connectivity index (χ0) is 15.0. The Labute approximate surface area is 128 Å². The number of anilines is 2. The third-order valence-corrected chi connectivity index (χ3v) is 3.29. The molecule has 2 aromatic heterocycles. The number of carbonyl (C=O) groups is 1. The van der Waals surface area contributed by atoms with E-state index in [9.17, 15) is 4.79 Å². The van der Waals surface area contributed by atoms with Crippen molar-refractivity contribution in [3.63, 3.8) is 0 Å². The van der Waals surface area contributed by atoms with Crippen molar-refractivity contribution in [2.45, 2.75) is 0 Å². The molecular weight excluding hydrogens is 315 g/mol. The fourth-order valence-corrected chi connectivity index (χ4v) is 2.23. The van der Waals surface area contributed by atoms with Crippen molar-refractivity contribution < 1.29 is 4.79 Å². The van der Waals surface area contributed by atoms with Crippen molar-refractivity contribution in [1.29, 1.82) is 0 Å². The molecule has 9 heteroatoms. The number of amides is 1. The van der Waals surface area contributed by atoms with Gasteiger partial charge in [0.25, 0.3) is 5.91 Å². The van der Waals surface area contributed by atoms with E-state index in [1.54, 1.807) is 6.07 Å². The van der Waals surface area contributed by atoms with Crippen LogP contribution in [0.5, 0.6) is 0 Å². The van der Waals surface area contributed by atoms with Crippen molar-refractivity contribution in [3.05, 3.63) is 40.3 Å². The first-order chi connectivity index (χ1) is 10.0. The lowest BCUT2D eigenvalue weighted by Crippen LogP contribution is -2.15. The molecule has 0 radical (unpaired) electrons. The van der Waals surface area contributed by atoms with Crippen LogP contribution in [0.1, 0.15) is 10.4 Å². The molecule has 3 aromatic rings. The lowest BCUT2D eigenvalue weighted by atomic mass is 10.2. The Bertz CT molecular complexity index is 847. The van der Waals surface area contributed by atoms with Gasteiger partial charge in [-0.1, -0.05) is 23.2 Å². The third kappa shape index (κ3) is 2.61. The minimum Gasteiger partial charge on any atom is -0.399 e. The number of nitrogens with one attached hydrogen (secondary N) is 2. The highest BCUT2D eigenvalue weighted by molar-refractivity contribution is 6.35. The fraction of sp³-hybridized carbons (Fsp3) is 0. The maximum atomic E-state index is 12.1. The number of hydrogen-bond acceptors (Lipinski definition) is 5. The molecule has 0 atom stereocenters. The Morgan fingerprint density at radius 1 is 1.29 bits per heavy atom. The van der Waals surface area contributed by atoms with E-state index in [1.165, 1.54) is 18.5 Å². The maximum absolute atomic E-state index is 12.1. The number of H-pyrrole nitrogens is 1. The molecule has 2 heterocycles. The Hall–Kier alpha value is -2.38. The molecule has 0 aliphatic heterocycles. The van der Waals surface area contributed by atoms with E-state index in [0.29, 0.717) is 16.9 Å². The molecule has 21 heavy (non-hydrogen) atoms. The lowest BCUT2D eigenvalue weighted by Gasteiger charge is -2.06. The molecule has 1 aromatic carbocycles. The molecule has 0 aliphatic carbocycles. The van der Waals surface area contributed by atoms with Gasteiger partial charge in [0.2, 0.25) is 5.95 Å². The number of carbonyl (C=O) groups excluding carboxylic acids is 1. The Balaban J connectivity index is 1.92. The van der Waals surface area contributed by atoms with Crippen LogP contribution >= 0.6 is 23.2 Å². The molecule has 3 rings (SSSR count). The minimum absolute atomic E-state index is 0.0393. The molecule has 0 unspecified atom stereocenters. The third-order valence-electron chi connectivity index (χ3n) is 2.70. The molecule has 4 N–H and O–H groups in total. The number of imidazole rings is 1. The summed E-state index contributed by atoms with van der Waals surface area (Å²) in [6, 6.07) is 4.58. The highest BCUT2D eigenvalue weighted by atomic mass is 35.5. The van der Waals surface area contributed by atoms with Crippen LogP contribution in [0, 0.1) is 0 Å². The quantitative estimate of drug-likeness (QED) is 0.496. The van der Waals surface area contributed by atoms with Gasteiger partial charge in [-0.05, 0) is 18.2 Å². The first-order valence-electron chi connectivity index (χ1n) is 5.77. The first-order valence-corrected chi connectivity index (χ1v) is 6.53. The number of nitrogens with zero attached hydrogens (tertiary/aromatic N) is 3. The second-order valence-corrected chi connectivity index (χ2v) is 4.90. The number of rotatable bonds is 2. The second-order valence-electron chi connectivity index (χ2n) is 4.13. The second kappa shape index (κ2) is 5.19. The van der Waals surface area contributed by atoms with E-state index in [4.69, 9.17) is 28.9 Å². The van der Waals surface area contributed by atoms with Crippen LogP contribution < -0.4 is 11.1 Å². The minimum atomic E-state index is -0.467. The first kappa shape index (κ1) is 13.6. The largest absolute Gasteiger partial charge is 0.399 e. The van der Waals surface area contributed by atoms with E-state index >= 15 is 0 Å². The summed E-state index contributed by atoms with van der Waals surface area (Å²) in [5.74, 6) is -0.427.